The van der Waals surface area contributed by atoms with Crippen molar-refractivity contribution in [2.24, 2.45) is 5.92 Å². The second kappa shape index (κ2) is 6.17. The van der Waals surface area contributed by atoms with Crippen molar-refractivity contribution in [2.45, 2.75) is 26.7 Å². The molecule has 5 nitrogen and oxygen atoms in total. The first-order valence-corrected chi connectivity index (χ1v) is 6.41. The lowest BCUT2D eigenvalue weighted by molar-refractivity contribution is -0.148. The van der Waals surface area contributed by atoms with Gasteiger partial charge in [0.1, 0.15) is 0 Å². The van der Waals surface area contributed by atoms with E-state index in [1.807, 2.05) is 0 Å². The molecule has 1 atom stereocenters. The van der Waals surface area contributed by atoms with E-state index in [1.165, 1.54) is 0 Å². The summed E-state index contributed by atoms with van der Waals surface area (Å²) in [7, 11) is -4.00. The van der Waals surface area contributed by atoms with Gasteiger partial charge in [0.15, 0.2) is 0 Å². The van der Waals surface area contributed by atoms with Crippen LogP contribution in [0.2, 0.25) is 0 Å². The van der Waals surface area contributed by atoms with Gasteiger partial charge >= 0.3 is 13.6 Å². The molecule has 0 aliphatic rings. The summed E-state index contributed by atoms with van der Waals surface area (Å²) in [6, 6.07) is 0. The van der Waals surface area contributed by atoms with Crippen LogP contribution in [-0.2, 0) is 14.1 Å². The Kier molecular flexibility index (Phi) is 6.00. The molecule has 0 aliphatic heterocycles. The van der Waals surface area contributed by atoms with Gasteiger partial charge in [-0.2, -0.15) is 0 Å². The fraction of sp³-hybridized carbons (Fsp3) is 0.875. The Morgan fingerprint density at radius 3 is 2.36 bits per heavy atom. The molecule has 0 radical (unpaired) electrons. The van der Waals surface area contributed by atoms with Crippen LogP contribution in [0.1, 0.15) is 26.7 Å². The molecular weight excluding hydrogens is 207 g/mol. The van der Waals surface area contributed by atoms with Crippen molar-refractivity contribution < 1.29 is 23.9 Å². The van der Waals surface area contributed by atoms with Crippen LogP contribution in [0.5, 0.6) is 0 Å². The molecule has 0 amide bonds. The Bertz CT molecular complexity index is 222. The third-order valence-corrected chi connectivity index (χ3v) is 2.72. The van der Waals surface area contributed by atoms with E-state index in [-0.39, 0.29) is 18.6 Å². The second-order valence-electron chi connectivity index (χ2n) is 3.03. The predicted molar refractivity (Wildman–Crippen MR) is 51.9 cm³/mol. The van der Waals surface area contributed by atoms with Crippen molar-refractivity contribution in [1.82, 2.24) is 0 Å². The van der Waals surface area contributed by atoms with E-state index in [0.717, 1.165) is 0 Å². The summed E-state index contributed by atoms with van der Waals surface area (Å²) in [4.78, 5) is 28.5. The zero-order valence-corrected chi connectivity index (χ0v) is 9.37. The lowest BCUT2D eigenvalue weighted by Crippen LogP contribution is -2.18. The SMILES string of the molecule is CCOC(=O)C(CC)CCP(=O)(O)O. The standard InChI is InChI=1S/C8H17O5P/c1-3-7(8(9)13-4-2)5-6-14(10,11)12/h7H,3-6H2,1-2H3,(H2,10,11,12). The lowest BCUT2D eigenvalue weighted by Gasteiger charge is -2.13. The Balaban J connectivity index is 4.03. The molecule has 1 unspecified atom stereocenters. The molecule has 0 bridgehead atoms. The average Bonchev–Trinajstić information content (AvgIpc) is 2.03. The zero-order valence-electron chi connectivity index (χ0n) is 8.47. The number of carbonyl (C=O) groups is 1. The Morgan fingerprint density at radius 1 is 1.43 bits per heavy atom. The molecule has 0 aromatic rings. The maximum absolute atomic E-state index is 11.2. The topological polar surface area (TPSA) is 83.8 Å². The molecule has 0 rings (SSSR count). The van der Waals surface area contributed by atoms with Gasteiger partial charge in [0.2, 0.25) is 0 Å². The Hall–Kier alpha value is -0.380. The molecule has 0 aromatic carbocycles. The molecule has 6 heteroatoms. The van der Waals surface area contributed by atoms with Crippen molar-refractivity contribution in [1.29, 1.82) is 0 Å². The molecule has 84 valence electrons. The highest BCUT2D eigenvalue weighted by Gasteiger charge is 2.22. The minimum Gasteiger partial charge on any atom is -0.466 e. The van der Waals surface area contributed by atoms with Gasteiger partial charge in [-0.25, -0.2) is 0 Å². The summed E-state index contributed by atoms with van der Waals surface area (Å²) < 4.78 is 15.3. The molecule has 0 saturated heterocycles. The van der Waals surface area contributed by atoms with Crippen molar-refractivity contribution in [3.63, 3.8) is 0 Å². The number of hydrogen-bond acceptors (Lipinski definition) is 3. The average molecular weight is 224 g/mol. The number of ether oxygens (including phenoxy) is 1. The first-order valence-electron chi connectivity index (χ1n) is 4.62. The van der Waals surface area contributed by atoms with Crippen LogP contribution >= 0.6 is 7.60 Å². The molecular formula is C8H17O5P. The van der Waals surface area contributed by atoms with Crippen molar-refractivity contribution in [2.75, 3.05) is 12.8 Å². The molecule has 0 aromatic heterocycles. The van der Waals surface area contributed by atoms with Gasteiger partial charge in [-0.3, -0.25) is 9.36 Å². The molecule has 2 N–H and O–H groups in total. The van der Waals surface area contributed by atoms with Crippen molar-refractivity contribution in [3.8, 4) is 0 Å². The smallest absolute Gasteiger partial charge is 0.325 e. The van der Waals surface area contributed by atoms with Gasteiger partial charge in [-0.15, -0.1) is 0 Å². The van der Waals surface area contributed by atoms with Crippen LogP contribution in [0.3, 0.4) is 0 Å². The minimum absolute atomic E-state index is 0.180. The van der Waals surface area contributed by atoms with Gasteiger partial charge in [0, 0.05) is 0 Å². The van der Waals surface area contributed by atoms with E-state index in [9.17, 15) is 9.36 Å². The summed E-state index contributed by atoms with van der Waals surface area (Å²) in [5, 5.41) is 0. The van der Waals surface area contributed by atoms with Crippen LogP contribution < -0.4 is 0 Å². The third-order valence-electron chi connectivity index (χ3n) is 1.88. The first kappa shape index (κ1) is 13.6. The highest BCUT2D eigenvalue weighted by Crippen LogP contribution is 2.36. The van der Waals surface area contributed by atoms with E-state index in [0.29, 0.717) is 13.0 Å². The van der Waals surface area contributed by atoms with E-state index < -0.39 is 13.5 Å². The summed E-state index contributed by atoms with van der Waals surface area (Å²) in [6.07, 6.45) is 0.461. The highest BCUT2D eigenvalue weighted by molar-refractivity contribution is 7.51. The summed E-state index contributed by atoms with van der Waals surface area (Å²) >= 11 is 0. The number of rotatable bonds is 6. The summed E-state index contributed by atoms with van der Waals surface area (Å²) in [5.41, 5.74) is 0. The van der Waals surface area contributed by atoms with Crippen LogP contribution in [0.15, 0.2) is 0 Å². The van der Waals surface area contributed by atoms with Gasteiger partial charge in [-0.05, 0) is 19.8 Å². The molecule has 0 heterocycles. The highest BCUT2D eigenvalue weighted by atomic mass is 31.2. The zero-order chi connectivity index (χ0) is 11.2. The van der Waals surface area contributed by atoms with Gasteiger partial charge in [-0.1, -0.05) is 6.92 Å². The molecule has 0 fully saturated rings. The monoisotopic (exact) mass is 224 g/mol. The minimum atomic E-state index is -4.00. The van der Waals surface area contributed by atoms with Crippen LogP contribution in [0, 0.1) is 5.92 Å². The molecule has 0 spiro atoms. The van der Waals surface area contributed by atoms with Crippen LogP contribution in [-0.4, -0.2) is 28.5 Å². The van der Waals surface area contributed by atoms with Crippen LogP contribution in [0.25, 0.3) is 0 Å². The number of carbonyl (C=O) groups excluding carboxylic acids is 1. The third kappa shape index (κ3) is 6.13. The number of hydrogen-bond donors (Lipinski definition) is 2. The fourth-order valence-corrected chi connectivity index (χ4v) is 1.72. The van der Waals surface area contributed by atoms with E-state index in [1.54, 1.807) is 13.8 Å². The quantitative estimate of drug-likeness (QED) is 0.522. The van der Waals surface area contributed by atoms with E-state index >= 15 is 0 Å². The second-order valence-corrected chi connectivity index (χ2v) is 4.81. The normalized spacial score (nSPS) is 13.7. The predicted octanol–water partition coefficient (Wildman–Crippen LogP) is 1.14. The van der Waals surface area contributed by atoms with Gasteiger partial charge in [0.25, 0.3) is 0 Å². The molecule has 0 saturated carbocycles. The van der Waals surface area contributed by atoms with E-state index in [2.05, 4.69) is 0 Å². The number of esters is 1. The maximum atomic E-state index is 11.2. The van der Waals surface area contributed by atoms with Gasteiger partial charge < -0.3 is 14.5 Å². The van der Waals surface area contributed by atoms with Crippen molar-refractivity contribution in [3.05, 3.63) is 0 Å². The Morgan fingerprint density at radius 2 is 2.00 bits per heavy atom. The van der Waals surface area contributed by atoms with Crippen molar-refractivity contribution >= 4 is 13.6 Å². The van der Waals surface area contributed by atoms with Crippen LogP contribution in [0.4, 0.5) is 0 Å². The molecule has 0 aliphatic carbocycles. The largest absolute Gasteiger partial charge is 0.466 e. The maximum Gasteiger partial charge on any atom is 0.325 e. The van der Waals surface area contributed by atoms with E-state index in [4.69, 9.17) is 14.5 Å². The van der Waals surface area contributed by atoms with Gasteiger partial charge in [0.05, 0.1) is 18.7 Å². The molecule has 14 heavy (non-hydrogen) atoms. The Labute approximate surface area is 83.6 Å². The fourth-order valence-electron chi connectivity index (χ4n) is 1.07. The lowest BCUT2D eigenvalue weighted by atomic mass is 10.0. The summed E-state index contributed by atoms with van der Waals surface area (Å²) in [6.45, 7) is 3.79. The summed E-state index contributed by atoms with van der Waals surface area (Å²) in [5.74, 6) is -0.772. The first-order chi connectivity index (χ1) is 6.40.